The Bertz CT molecular complexity index is 1580. The Kier molecular flexibility index (Phi) is 10.3. The van der Waals surface area contributed by atoms with Gasteiger partial charge in [-0.15, -0.1) is 17.2 Å². The van der Waals surface area contributed by atoms with Gasteiger partial charge in [-0.2, -0.15) is 28.8 Å². The third kappa shape index (κ3) is 6.79. The molecule has 0 radical (unpaired) electrons. The zero-order valence-electron chi connectivity index (χ0n) is 30.7. The third-order valence-corrected chi connectivity index (χ3v) is 19.1. The molecule has 0 N–H and O–H groups in total. The minimum absolute atomic E-state index is 0. The molecule has 0 aliphatic heterocycles. The maximum atomic E-state index is 4.95. The maximum absolute atomic E-state index is 4.95. The standard InChI is InChI=1S/C39H51N4P2.C5H5.Fe/c1-38(2,3)32-18-31(33(19-32)39(44,34-20-40-4-6-42-34)35-21-41-5-7-43-35)22-45(36-27-10-23-8-24(12-27)13-28(36)11-23)37-29-14-25-9-26(16-29)17-30(37)15-25;1-2-4-5-3-1;/h4-7,18-21,23-30,36-37H,8-17,22,44H2,1-3H3;1-5H;/q-1;-5;. The molecule has 51 heavy (non-hydrogen) atoms. The summed E-state index contributed by atoms with van der Waals surface area (Å²) in [7, 11) is 3.10. The van der Waals surface area contributed by atoms with Crippen LogP contribution in [0.25, 0.3) is 0 Å². The fourth-order valence-electron chi connectivity index (χ4n) is 12.7. The van der Waals surface area contributed by atoms with Crippen LogP contribution in [0.2, 0.25) is 0 Å². The van der Waals surface area contributed by atoms with Crippen LogP contribution in [0.1, 0.15) is 113 Å². The topological polar surface area (TPSA) is 51.6 Å². The second kappa shape index (κ2) is 14.5. The first-order valence-corrected chi connectivity index (χ1v) is 22.0. The van der Waals surface area contributed by atoms with E-state index in [2.05, 4.69) is 52.1 Å². The summed E-state index contributed by atoms with van der Waals surface area (Å²) < 4.78 is 0. The van der Waals surface area contributed by atoms with E-state index < -0.39 is 5.16 Å². The molecule has 2 aromatic heterocycles. The number of aromatic nitrogens is 4. The number of hydrogen-bond donors (Lipinski definition) is 0. The predicted octanol–water partition coefficient (Wildman–Crippen LogP) is 10.5. The van der Waals surface area contributed by atoms with E-state index in [1.165, 1.54) is 68.7 Å². The summed E-state index contributed by atoms with van der Waals surface area (Å²) in [5.74, 6) is 8.11. The number of rotatable bonds is 7. The number of hydrogen-bond acceptors (Lipinski definition) is 4. The Balaban J connectivity index is 0.000000576. The summed E-state index contributed by atoms with van der Waals surface area (Å²) in [6, 6.07) is 15.1. The first-order chi connectivity index (χ1) is 24.2. The number of nitrogens with zero attached hydrogens (tertiary/aromatic N) is 4. The van der Waals surface area contributed by atoms with Crippen molar-refractivity contribution in [1.82, 2.24) is 19.9 Å². The summed E-state index contributed by atoms with van der Waals surface area (Å²) in [5.41, 5.74) is 8.28. The molecule has 1 unspecified atom stereocenters. The van der Waals surface area contributed by atoms with Crippen molar-refractivity contribution < 1.29 is 17.1 Å². The van der Waals surface area contributed by atoms with Gasteiger partial charge in [-0.05, 0) is 123 Å². The van der Waals surface area contributed by atoms with Crippen LogP contribution in [-0.2, 0) is 33.8 Å². The molecule has 4 nitrogen and oxygen atoms in total. The molecule has 8 aliphatic rings. The quantitative estimate of drug-likeness (QED) is 0.107. The SMILES string of the molecule is CC(C)(C)[c-]1cc(CP(C2C3CC4CC(C3)CC2C4)C2C3CC4CC(C3)CC2C4)c(C(P)(c2cnccn2)c2cnccn2)c1.[Fe].[cH-]1[cH-][cH-][cH-][cH-]1. The Morgan fingerprint density at radius 2 is 1.06 bits per heavy atom. The van der Waals surface area contributed by atoms with Crippen molar-refractivity contribution in [3.05, 3.63) is 108 Å². The largest absolute Gasteiger partial charge is 0.748 e. The fourth-order valence-corrected chi connectivity index (χ4v) is 17.9. The zero-order valence-corrected chi connectivity index (χ0v) is 33.9. The minimum atomic E-state index is -0.587. The van der Waals surface area contributed by atoms with Gasteiger partial charge in [0.25, 0.3) is 0 Å². The molecule has 4 aromatic rings. The predicted molar refractivity (Wildman–Crippen MR) is 209 cm³/mol. The molecule has 0 saturated heterocycles. The molecule has 2 aromatic carbocycles. The van der Waals surface area contributed by atoms with Crippen LogP contribution in [0.4, 0.5) is 0 Å². The molecule has 8 aliphatic carbocycles. The molecule has 0 spiro atoms. The zero-order chi connectivity index (χ0) is 34.0. The van der Waals surface area contributed by atoms with Gasteiger partial charge >= 0.3 is 0 Å². The monoisotopic (exact) mass is 758 g/mol. The van der Waals surface area contributed by atoms with Gasteiger partial charge in [-0.25, -0.2) is 0 Å². The van der Waals surface area contributed by atoms with Crippen LogP contribution in [0, 0.1) is 47.3 Å². The van der Waals surface area contributed by atoms with Crippen molar-refractivity contribution in [2.45, 2.75) is 113 Å². The summed E-state index contributed by atoms with van der Waals surface area (Å²) in [5, 5.41) is -0.587. The van der Waals surface area contributed by atoms with Gasteiger partial charge in [0, 0.05) is 59.4 Å². The van der Waals surface area contributed by atoms with Crippen molar-refractivity contribution in [3.8, 4) is 0 Å². The molecule has 8 saturated carbocycles. The van der Waals surface area contributed by atoms with Crippen LogP contribution in [0.15, 0.2) is 79.6 Å². The smallest absolute Gasteiger partial charge is 0.0665 e. The first-order valence-electron chi connectivity index (χ1n) is 19.8. The molecular formula is C44H56FeN4P2-6. The van der Waals surface area contributed by atoms with E-state index in [-0.39, 0.29) is 30.4 Å². The Morgan fingerprint density at radius 1 is 0.647 bits per heavy atom. The molecule has 7 heteroatoms. The van der Waals surface area contributed by atoms with Gasteiger partial charge in [-0.3, -0.25) is 19.9 Å². The summed E-state index contributed by atoms with van der Waals surface area (Å²) >= 11 is 0. The average Bonchev–Trinajstić information content (AvgIpc) is 3.83. The van der Waals surface area contributed by atoms with Gasteiger partial charge in [-0.1, -0.05) is 32.3 Å². The Labute approximate surface area is 320 Å². The molecule has 8 fully saturated rings. The Morgan fingerprint density at radius 3 is 1.41 bits per heavy atom. The van der Waals surface area contributed by atoms with E-state index in [0.717, 1.165) is 70.0 Å². The van der Waals surface area contributed by atoms with E-state index in [1.807, 2.05) is 55.1 Å². The van der Waals surface area contributed by atoms with Gasteiger partial charge in [0.2, 0.25) is 0 Å². The van der Waals surface area contributed by atoms with Gasteiger partial charge in [0.1, 0.15) is 0 Å². The van der Waals surface area contributed by atoms with E-state index >= 15 is 0 Å². The summed E-state index contributed by atoms with van der Waals surface area (Å²) in [6.07, 6.45) is 27.8. The van der Waals surface area contributed by atoms with Gasteiger partial charge in [0.05, 0.1) is 11.4 Å². The van der Waals surface area contributed by atoms with Crippen LogP contribution in [-0.4, -0.2) is 31.3 Å². The molecule has 2 heterocycles. The molecule has 0 amide bonds. The van der Waals surface area contributed by atoms with Crippen molar-refractivity contribution >= 4 is 17.2 Å². The van der Waals surface area contributed by atoms with Crippen LogP contribution < -0.4 is 0 Å². The van der Waals surface area contributed by atoms with Crippen LogP contribution in [0.3, 0.4) is 0 Å². The van der Waals surface area contributed by atoms with Crippen molar-refractivity contribution in [3.63, 3.8) is 0 Å². The minimum Gasteiger partial charge on any atom is -0.748 e. The molecule has 8 bridgehead atoms. The molecule has 1 atom stereocenters. The molecule has 276 valence electrons. The van der Waals surface area contributed by atoms with Gasteiger partial charge in [0.15, 0.2) is 0 Å². The van der Waals surface area contributed by atoms with E-state index in [1.54, 1.807) is 30.8 Å². The van der Waals surface area contributed by atoms with E-state index in [9.17, 15) is 0 Å². The molecular weight excluding hydrogens is 702 g/mol. The second-order valence-corrected chi connectivity index (χ2v) is 21.8. The Hall–Kier alpha value is -1.76. The maximum Gasteiger partial charge on any atom is 0.0665 e. The van der Waals surface area contributed by atoms with Gasteiger partial charge < -0.3 is 30.3 Å². The van der Waals surface area contributed by atoms with Crippen molar-refractivity contribution in [2.24, 2.45) is 47.3 Å². The van der Waals surface area contributed by atoms with Crippen LogP contribution in [0.5, 0.6) is 0 Å². The summed E-state index contributed by atoms with van der Waals surface area (Å²) in [4.78, 5) is 19.0. The fraction of sp³-hybridized carbons (Fsp3) is 0.591. The molecule has 12 rings (SSSR count). The second-order valence-electron chi connectivity index (χ2n) is 18.4. The van der Waals surface area contributed by atoms with Crippen molar-refractivity contribution in [1.29, 1.82) is 0 Å². The average molecular weight is 759 g/mol. The third-order valence-electron chi connectivity index (χ3n) is 14.2. The van der Waals surface area contributed by atoms with Crippen LogP contribution >= 0.6 is 17.2 Å². The first kappa shape index (κ1) is 36.2. The summed E-state index contributed by atoms with van der Waals surface area (Å²) in [6.45, 7) is 7.14. The van der Waals surface area contributed by atoms with E-state index in [4.69, 9.17) is 9.97 Å². The normalized spacial score (nSPS) is 33.7. The van der Waals surface area contributed by atoms with Crippen molar-refractivity contribution in [2.75, 3.05) is 0 Å². The van der Waals surface area contributed by atoms with E-state index in [0.29, 0.717) is 0 Å².